The first-order valence-corrected chi connectivity index (χ1v) is 16.5. The molecule has 0 fully saturated rings. The van der Waals surface area contributed by atoms with Gasteiger partial charge in [0, 0.05) is 24.2 Å². The Balaban J connectivity index is 1.43. The third-order valence-corrected chi connectivity index (χ3v) is 8.16. The lowest BCUT2D eigenvalue weighted by Gasteiger charge is -2.11. The lowest BCUT2D eigenvalue weighted by Crippen LogP contribution is -2.20. The van der Waals surface area contributed by atoms with Crippen LogP contribution in [0.2, 0.25) is 0 Å². The van der Waals surface area contributed by atoms with E-state index in [0.717, 1.165) is 74.4 Å². The molecule has 3 heterocycles. The van der Waals surface area contributed by atoms with Crippen molar-refractivity contribution in [2.75, 3.05) is 54.4 Å². The van der Waals surface area contributed by atoms with E-state index in [1.165, 1.54) is 0 Å². The normalized spacial score (nSPS) is 11.8. The van der Waals surface area contributed by atoms with Crippen LogP contribution in [0, 0.1) is 0 Å². The first-order valence-electron chi connectivity index (χ1n) is 16.5. The molecule has 6 aromatic rings. The van der Waals surface area contributed by atoms with Gasteiger partial charge in [-0.05, 0) is 90.5 Å². The maximum atomic E-state index is 12.8. The Morgan fingerprint density at radius 2 is 1.27 bits per heavy atom. The Morgan fingerprint density at radius 3 is 1.88 bits per heavy atom. The van der Waals surface area contributed by atoms with Crippen LogP contribution in [0.4, 0.5) is 0 Å². The van der Waals surface area contributed by atoms with Crippen LogP contribution < -0.4 is 21.9 Å². The zero-order valence-corrected chi connectivity index (χ0v) is 28.4. The van der Waals surface area contributed by atoms with Crippen molar-refractivity contribution < 1.29 is 8.83 Å². The van der Waals surface area contributed by atoms with Crippen molar-refractivity contribution in [1.82, 2.24) is 40.0 Å². The largest absolute Gasteiger partial charge is 0.424 e. The highest BCUT2D eigenvalue weighted by molar-refractivity contribution is 6.01. The van der Waals surface area contributed by atoms with Gasteiger partial charge in [0.05, 0.1) is 5.69 Å². The highest BCUT2D eigenvalue weighted by atomic mass is 16.4. The third-order valence-electron chi connectivity index (χ3n) is 8.16. The second kappa shape index (κ2) is 15.5. The molecule has 254 valence electrons. The van der Waals surface area contributed by atoms with Crippen LogP contribution in [0.5, 0.6) is 0 Å². The van der Waals surface area contributed by atoms with Crippen LogP contribution in [0.3, 0.4) is 0 Å². The summed E-state index contributed by atoms with van der Waals surface area (Å²) >= 11 is 0. The number of rotatable bonds is 14. The summed E-state index contributed by atoms with van der Waals surface area (Å²) < 4.78 is 12.5. The van der Waals surface area contributed by atoms with Crippen molar-refractivity contribution in [3.63, 3.8) is 0 Å². The van der Waals surface area contributed by atoms with E-state index in [2.05, 4.69) is 65.9 Å². The van der Waals surface area contributed by atoms with Gasteiger partial charge < -0.3 is 29.3 Å². The molecule has 3 aromatic carbocycles. The molecule has 0 saturated heterocycles. The topological polar surface area (TPSA) is 134 Å². The molecule has 0 aliphatic rings. The van der Waals surface area contributed by atoms with E-state index >= 15 is 0 Å². The summed E-state index contributed by atoms with van der Waals surface area (Å²) in [6.07, 6.45) is 2.13. The number of aromatic nitrogens is 4. The van der Waals surface area contributed by atoms with Gasteiger partial charge in [-0.3, -0.25) is 0 Å². The Labute approximate surface area is 284 Å². The fraction of sp³-hybridized carbons (Fsp3) is 0.324. The Kier molecular flexibility index (Phi) is 10.7. The molecule has 0 saturated carbocycles. The number of nitrogens with zero attached hydrogens (tertiary/aromatic N) is 6. The summed E-state index contributed by atoms with van der Waals surface area (Å²) in [5, 5.41) is 12.0. The maximum absolute atomic E-state index is 12.8. The molecular weight excluding hydrogens is 620 g/mol. The average Bonchev–Trinajstić information content (AvgIpc) is 3.47. The van der Waals surface area contributed by atoms with E-state index in [9.17, 15) is 9.59 Å². The highest BCUT2D eigenvalue weighted by Crippen LogP contribution is 2.32. The molecular formula is C37H42N8O4. The van der Waals surface area contributed by atoms with Crippen LogP contribution >= 0.6 is 0 Å². The molecule has 0 aliphatic heterocycles. The lowest BCUT2D eigenvalue weighted by atomic mass is 10.1. The fourth-order valence-corrected chi connectivity index (χ4v) is 5.61. The second-order valence-electron chi connectivity index (χ2n) is 12.6. The molecule has 2 bridgehead atoms. The minimum absolute atomic E-state index is 0.0717. The van der Waals surface area contributed by atoms with Crippen molar-refractivity contribution >= 4 is 27.8 Å². The van der Waals surface area contributed by atoms with Crippen LogP contribution in [0.15, 0.2) is 91.2 Å². The number of benzene rings is 3. The van der Waals surface area contributed by atoms with E-state index in [4.69, 9.17) is 18.8 Å². The molecule has 0 atom stereocenters. The van der Waals surface area contributed by atoms with Crippen molar-refractivity contribution in [3.8, 4) is 22.6 Å². The van der Waals surface area contributed by atoms with Gasteiger partial charge in [0.25, 0.3) is 5.71 Å². The molecule has 2 N–H and O–H groups in total. The molecule has 3 aromatic heterocycles. The smallest absolute Gasteiger partial charge is 0.416 e. The van der Waals surface area contributed by atoms with Gasteiger partial charge in [-0.15, -0.1) is 5.10 Å². The van der Waals surface area contributed by atoms with E-state index in [1.54, 1.807) is 28.8 Å². The minimum atomic E-state index is -1.18. The van der Waals surface area contributed by atoms with Crippen molar-refractivity contribution in [2.24, 2.45) is 0 Å². The van der Waals surface area contributed by atoms with Crippen LogP contribution in [-0.2, 0) is 13.1 Å². The van der Waals surface area contributed by atoms with E-state index in [0.29, 0.717) is 28.1 Å². The van der Waals surface area contributed by atoms with Gasteiger partial charge in [0.1, 0.15) is 10.9 Å². The quantitative estimate of drug-likeness (QED) is 0.128. The standard InChI is InChI=1S/C37H42N8O4/c1-43(2)21-7-19-38-23-25-11-15-27(16-12-25)32-31-34(45-29-9-5-6-10-30(29)48-36(46)37(47)49-35(31)42-45)41-33(40-32)28-17-13-26(14-18-28)24-39-20-8-22-44(3)4/h5-6,9-18,38-39H,7-8,19-24H2,1-4H3. The molecule has 0 spiro atoms. The Hall–Kier alpha value is -5.01. The van der Waals surface area contributed by atoms with Gasteiger partial charge in [0.2, 0.25) is 0 Å². The first kappa shape index (κ1) is 33.9. The van der Waals surface area contributed by atoms with E-state index in [1.807, 2.05) is 36.4 Å². The van der Waals surface area contributed by atoms with Gasteiger partial charge >= 0.3 is 11.3 Å². The Morgan fingerprint density at radius 1 is 0.694 bits per heavy atom. The fourth-order valence-electron chi connectivity index (χ4n) is 5.61. The summed E-state index contributed by atoms with van der Waals surface area (Å²) in [5.74, 6) is 0.477. The monoisotopic (exact) mass is 662 g/mol. The van der Waals surface area contributed by atoms with Gasteiger partial charge in [-0.2, -0.15) is 0 Å². The number of para-hydroxylation sites is 2. The van der Waals surface area contributed by atoms with Gasteiger partial charge in [-0.1, -0.05) is 60.7 Å². The molecule has 0 radical (unpaired) electrons. The SMILES string of the molecule is CN(C)CCCNCc1ccc(-c2nc(-c3ccc(CNCCCN(C)C)cc3)c3c4nn(c5ccccc5oc(=O)c(=O)o4)c3n2)cc1. The molecule has 6 rings (SSSR count). The van der Waals surface area contributed by atoms with Crippen LogP contribution in [0.25, 0.3) is 50.5 Å². The van der Waals surface area contributed by atoms with Crippen molar-refractivity contribution in [3.05, 3.63) is 105 Å². The maximum Gasteiger partial charge on any atom is 0.424 e. The summed E-state index contributed by atoms with van der Waals surface area (Å²) in [6, 6.07) is 23.1. The first-order chi connectivity index (χ1) is 23.8. The summed E-state index contributed by atoms with van der Waals surface area (Å²) in [5.41, 5.74) is 3.02. The Bertz CT molecular complexity index is 2190. The van der Waals surface area contributed by atoms with Gasteiger partial charge in [0.15, 0.2) is 17.1 Å². The zero-order valence-electron chi connectivity index (χ0n) is 28.4. The van der Waals surface area contributed by atoms with E-state index < -0.39 is 11.3 Å². The third kappa shape index (κ3) is 8.18. The van der Waals surface area contributed by atoms with Crippen molar-refractivity contribution in [1.29, 1.82) is 0 Å². The molecule has 49 heavy (non-hydrogen) atoms. The summed E-state index contributed by atoms with van der Waals surface area (Å²) in [7, 11) is 8.30. The number of fused-ring (bicyclic) bond motifs is 7. The van der Waals surface area contributed by atoms with Crippen LogP contribution in [-0.4, -0.2) is 83.8 Å². The van der Waals surface area contributed by atoms with Gasteiger partial charge in [-0.25, -0.2) is 24.1 Å². The predicted octanol–water partition coefficient (Wildman–Crippen LogP) is 4.32. The molecule has 0 amide bonds. The minimum Gasteiger partial charge on any atom is -0.416 e. The zero-order chi connectivity index (χ0) is 34.3. The average molecular weight is 663 g/mol. The number of nitrogens with one attached hydrogen (secondary N) is 2. The van der Waals surface area contributed by atoms with Crippen LogP contribution in [0.1, 0.15) is 24.0 Å². The number of hydrogen-bond acceptors (Lipinski definition) is 11. The predicted molar refractivity (Wildman–Crippen MR) is 192 cm³/mol. The number of hydrogen-bond donors (Lipinski definition) is 2. The highest BCUT2D eigenvalue weighted by Gasteiger charge is 2.21. The molecule has 12 nitrogen and oxygen atoms in total. The lowest BCUT2D eigenvalue weighted by molar-refractivity contribution is 0.394. The molecule has 0 aliphatic carbocycles. The molecule has 12 heteroatoms. The second-order valence-corrected chi connectivity index (χ2v) is 12.6. The summed E-state index contributed by atoms with van der Waals surface area (Å²) in [6.45, 7) is 5.40. The van der Waals surface area contributed by atoms with E-state index in [-0.39, 0.29) is 11.3 Å². The molecule has 0 unspecified atom stereocenters. The van der Waals surface area contributed by atoms with Crippen molar-refractivity contribution in [2.45, 2.75) is 25.9 Å². The summed E-state index contributed by atoms with van der Waals surface area (Å²) in [4.78, 5) is 39.8.